The number of rotatable bonds is 4. The maximum Gasteiger partial charge on any atom is 0.269 e. The summed E-state index contributed by atoms with van der Waals surface area (Å²) >= 11 is 1.55. The number of thiazole rings is 1. The quantitative estimate of drug-likeness (QED) is 0.396. The highest BCUT2D eigenvalue weighted by molar-refractivity contribution is 7.15. The lowest BCUT2D eigenvalue weighted by atomic mass is 10.0. The van der Waals surface area contributed by atoms with Gasteiger partial charge in [-0.15, -0.1) is 11.3 Å². The molecule has 0 amide bonds. The minimum absolute atomic E-state index is 0.0655. The summed E-state index contributed by atoms with van der Waals surface area (Å²) in [7, 11) is 1.63. The number of benzene rings is 2. The molecule has 0 fully saturated rings. The van der Waals surface area contributed by atoms with Gasteiger partial charge in [-0.1, -0.05) is 0 Å². The molecule has 2 aromatic carbocycles. The first-order valence-electron chi connectivity index (χ1n) is 7.52. The Morgan fingerprint density at radius 1 is 1.08 bits per heavy atom. The van der Waals surface area contributed by atoms with Crippen molar-refractivity contribution in [3.63, 3.8) is 0 Å². The number of non-ortho nitro benzene ring substituents is 1. The molecule has 7 heteroatoms. The first-order valence-corrected chi connectivity index (χ1v) is 8.40. The van der Waals surface area contributed by atoms with Crippen LogP contribution in [0.25, 0.3) is 27.5 Å². The van der Waals surface area contributed by atoms with E-state index >= 15 is 0 Å². The van der Waals surface area contributed by atoms with E-state index in [0.29, 0.717) is 0 Å². The molecule has 0 atom stereocenters. The molecule has 124 valence electrons. The number of nitro groups is 1. The summed E-state index contributed by atoms with van der Waals surface area (Å²) in [4.78, 5) is 16.1. The fourth-order valence-corrected chi connectivity index (χ4v) is 3.47. The Morgan fingerprint density at radius 3 is 2.40 bits per heavy atom. The van der Waals surface area contributed by atoms with E-state index in [-0.39, 0.29) is 5.69 Å². The maximum absolute atomic E-state index is 10.9. The maximum atomic E-state index is 10.9. The zero-order chi connectivity index (χ0) is 17.4. The van der Waals surface area contributed by atoms with E-state index in [4.69, 9.17) is 9.72 Å². The molecule has 2 heterocycles. The predicted octanol–water partition coefficient (Wildman–Crippen LogP) is 4.65. The molecule has 0 unspecified atom stereocenters. The molecule has 0 saturated heterocycles. The number of hydrogen-bond donors (Lipinski definition) is 0. The lowest BCUT2D eigenvalue weighted by molar-refractivity contribution is -0.384. The third-order valence-electron chi connectivity index (χ3n) is 3.98. The minimum Gasteiger partial charge on any atom is -0.497 e. The summed E-state index contributed by atoms with van der Waals surface area (Å²) in [5, 5.41) is 12.9. The Morgan fingerprint density at radius 2 is 1.76 bits per heavy atom. The van der Waals surface area contributed by atoms with E-state index in [0.717, 1.165) is 33.2 Å². The highest BCUT2D eigenvalue weighted by Crippen LogP contribution is 2.35. The van der Waals surface area contributed by atoms with Crippen LogP contribution in [-0.2, 0) is 0 Å². The fourth-order valence-electron chi connectivity index (χ4n) is 2.75. The molecule has 6 nitrogen and oxygen atoms in total. The minimum atomic E-state index is -0.403. The van der Waals surface area contributed by atoms with Crippen LogP contribution in [0.15, 0.2) is 60.1 Å². The fraction of sp³-hybridized carbons (Fsp3) is 0.0556. The van der Waals surface area contributed by atoms with E-state index in [1.54, 1.807) is 30.6 Å². The number of nitro benzene ring substituents is 1. The van der Waals surface area contributed by atoms with Crippen molar-refractivity contribution in [2.45, 2.75) is 0 Å². The normalized spacial score (nSPS) is 10.9. The van der Waals surface area contributed by atoms with Crippen LogP contribution in [-0.4, -0.2) is 21.4 Å². The largest absolute Gasteiger partial charge is 0.497 e. The van der Waals surface area contributed by atoms with Crippen molar-refractivity contribution in [3.05, 3.63) is 70.2 Å². The van der Waals surface area contributed by atoms with E-state index in [2.05, 4.69) is 0 Å². The lowest BCUT2D eigenvalue weighted by Crippen LogP contribution is -1.90. The topological polar surface area (TPSA) is 69.7 Å². The van der Waals surface area contributed by atoms with Gasteiger partial charge in [-0.2, -0.15) is 0 Å². The third kappa shape index (κ3) is 2.64. The van der Waals surface area contributed by atoms with Gasteiger partial charge in [0.15, 0.2) is 4.96 Å². The average Bonchev–Trinajstić information content (AvgIpc) is 3.23. The van der Waals surface area contributed by atoms with Crippen LogP contribution in [0.3, 0.4) is 0 Å². The van der Waals surface area contributed by atoms with Gasteiger partial charge < -0.3 is 4.74 Å². The van der Waals surface area contributed by atoms with E-state index < -0.39 is 4.92 Å². The van der Waals surface area contributed by atoms with Gasteiger partial charge in [-0.3, -0.25) is 14.5 Å². The Kier molecular flexibility index (Phi) is 3.70. The van der Waals surface area contributed by atoms with Crippen molar-refractivity contribution in [2.75, 3.05) is 7.11 Å². The lowest BCUT2D eigenvalue weighted by Gasteiger charge is -2.06. The van der Waals surface area contributed by atoms with Gasteiger partial charge in [0.2, 0.25) is 0 Å². The number of methoxy groups -OCH3 is 1. The second-order valence-corrected chi connectivity index (χ2v) is 6.27. The van der Waals surface area contributed by atoms with Crippen molar-refractivity contribution in [3.8, 4) is 28.3 Å². The number of ether oxygens (including phenoxy) is 1. The molecule has 0 saturated carbocycles. The van der Waals surface area contributed by atoms with E-state index in [1.165, 1.54) is 12.1 Å². The first-order chi connectivity index (χ1) is 12.2. The molecule has 0 aliphatic heterocycles. The van der Waals surface area contributed by atoms with Crippen LogP contribution in [0.4, 0.5) is 5.69 Å². The molecule has 0 bridgehead atoms. The molecular weight excluding hydrogens is 338 g/mol. The predicted molar refractivity (Wildman–Crippen MR) is 97.1 cm³/mol. The van der Waals surface area contributed by atoms with Gasteiger partial charge in [0, 0.05) is 34.8 Å². The zero-order valence-electron chi connectivity index (χ0n) is 13.2. The molecule has 2 aromatic heterocycles. The molecule has 4 rings (SSSR count). The number of fused-ring (bicyclic) bond motifs is 1. The standard InChI is InChI=1S/C18H13N3O3S/c1-24-15-8-4-13(5-9-15)17-16(19-18-20(17)10-11-25-18)12-2-6-14(7-3-12)21(22)23/h2-11H,1H3. The Bertz CT molecular complexity index is 1050. The van der Waals surface area contributed by atoms with Crippen LogP contribution >= 0.6 is 11.3 Å². The van der Waals surface area contributed by atoms with Crippen LogP contribution in [0.5, 0.6) is 5.75 Å². The molecule has 0 spiro atoms. The highest BCUT2D eigenvalue weighted by Gasteiger charge is 2.17. The number of nitrogens with zero attached hydrogens (tertiary/aromatic N) is 3. The molecule has 0 aliphatic rings. The van der Waals surface area contributed by atoms with Crippen LogP contribution in [0.2, 0.25) is 0 Å². The van der Waals surface area contributed by atoms with Crippen LogP contribution in [0.1, 0.15) is 0 Å². The van der Waals surface area contributed by atoms with Gasteiger partial charge >= 0.3 is 0 Å². The van der Waals surface area contributed by atoms with Gasteiger partial charge in [0.25, 0.3) is 5.69 Å². The van der Waals surface area contributed by atoms with Crippen LogP contribution < -0.4 is 4.74 Å². The second-order valence-electron chi connectivity index (χ2n) is 5.40. The molecule has 25 heavy (non-hydrogen) atoms. The Labute approximate surface area is 147 Å². The second kappa shape index (κ2) is 6.03. The number of aromatic nitrogens is 2. The SMILES string of the molecule is COc1ccc(-c2c(-c3ccc([N+](=O)[O-])cc3)nc3sccn23)cc1. The summed E-state index contributed by atoms with van der Waals surface area (Å²) in [6, 6.07) is 14.2. The smallest absolute Gasteiger partial charge is 0.269 e. The Hall–Kier alpha value is -3.19. The zero-order valence-corrected chi connectivity index (χ0v) is 14.1. The van der Waals surface area contributed by atoms with Gasteiger partial charge in [0.05, 0.1) is 23.4 Å². The van der Waals surface area contributed by atoms with Crippen molar-refractivity contribution >= 4 is 22.0 Å². The van der Waals surface area contributed by atoms with Gasteiger partial charge in [0.1, 0.15) is 5.75 Å². The summed E-state index contributed by atoms with van der Waals surface area (Å²) in [6.45, 7) is 0. The van der Waals surface area contributed by atoms with Crippen LogP contribution in [0, 0.1) is 10.1 Å². The average molecular weight is 351 g/mol. The first kappa shape index (κ1) is 15.3. The summed E-state index contributed by atoms with van der Waals surface area (Å²) < 4.78 is 7.26. The van der Waals surface area contributed by atoms with Gasteiger partial charge in [-0.05, 0) is 36.4 Å². The van der Waals surface area contributed by atoms with Crippen molar-refractivity contribution < 1.29 is 9.66 Å². The highest BCUT2D eigenvalue weighted by atomic mass is 32.1. The molecule has 4 aromatic rings. The monoisotopic (exact) mass is 351 g/mol. The Balaban J connectivity index is 1.88. The van der Waals surface area contributed by atoms with E-state index in [1.807, 2.05) is 40.2 Å². The molecule has 0 radical (unpaired) electrons. The molecule has 0 N–H and O–H groups in total. The molecular formula is C18H13N3O3S. The van der Waals surface area contributed by atoms with E-state index in [9.17, 15) is 10.1 Å². The summed E-state index contributed by atoms with van der Waals surface area (Å²) in [5.41, 5.74) is 3.66. The summed E-state index contributed by atoms with van der Waals surface area (Å²) in [5.74, 6) is 0.784. The summed E-state index contributed by atoms with van der Waals surface area (Å²) in [6.07, 6.45) is 1.97. The van der Waals surface area contributed by atoms with Crippen molar-refractivity contribution in [2.24, 2.45) is 0 Å². The van der Waals surface area contributed by atoms with Crippen molar-refractivity contribution in [1.82, 2.24) is 9.38 Å². The third-order valence-corrected chi connectivity index (χ3v) is 4.73. The number of imidazole rings is 1. The van der Waals surface area contributed by atoms with Crippen molar-refractivity contribution in [1.29, 1.82) is 0 Å². The van der Waals surface area contributed by atoms with Gasteiger partial charge in [-0.25, -0.2) is 4.98 Å². The molecule has 0 aliphatic carbocycles. The number of hydrogen-bond acceptors (Lipinski definition) is 5.